The minimum atomic E-state index is -4.86. The summed E-state index contributed by atoms with van der Waals surface area (Å²) in [6.07, 6.45) is -6.46. The highest BCUT2D eigenvalue weighted by Gasteiger charge is 2.45. The third kappa shape index (κ3) is 5.10. The number of amides is 3. The number of carbonyl (C=O) groups is 3. The minimum absolute atomic E-state index is 0.142. The number of alkyl halides is 3. The van der Waals surface area contributed by atoms with Crippen molar-refractivity contribution in [3.8, 4) is 17.2 Å². The van der Waals surface area contributed by atoms with E-state index in [0.29, 0.717) is 10.5 Å². The number of piperazine rings is 1. The Hall–Kier alpha value is -3.96. The molecule has 0 radical (unpaired) electrons. The van der Waals surface area contributed by atoms with Crippen LogP contribution in [0.4, 0.5) is 18.0 Å². The molecule has 1 aliphatic heterocycles. The Morgan fingerprint density at radius 1 is 1.06 bits per heavy atom. The second kappa shape index (κ2) is 9.27. The molecule has 1 atom stereocenters. The molecule has 0 aliphatic carbocycles. The molecule has 3 rings (SSSR count). The number of methoxy groups -OCH3 is 2. The van der Waals surface area contributed by atoms with Crippen LogP contribution in [0.25, 0.3) is 0 Å². The normalized spacial score (nSPS) is 16.6. The number of hydrogen-bond donors (Lipinski definition) is 1. The Labute approximate surface area is 185 Å². The molecule has 1 fully saturated rings. The van der Waals surface area contributed by atoms with E-state index in [0.717, 1.165) is 17.0 Å². The van der Waals surface area contributed by atoms with Crippen LogP contribution >= 0.6 is 0 Å². The Kier molecular flexibility index (Phi) is 6.65. The molecule has 176 valence electrons. The second-order valence-electron chi connectivity index (χ2n) is 6.90. The van der Waals surface area contributed by atoms with E-state index in [-0.39, 0.29) is 23.6 Å². The number of benzene rings is 2. The second-order valence-corrected chi connectivity index (χ2v) is 6.90. The Morgan fingerprint density at radius 2 is 1.64 bits per heavy atom. The fourth-order valence-electron chi connectivity index (χ4n) is 3.49. The molecule has 0 aromatic heterocycles. The molecule has 9 nitrogen and oxygen atoms in total. The summed E-state index contributed by atoms with van der Waals surface area (Å²) in [5.41, 5.74) is 0.525. The summed E-state index contributed by atoms with van der Waals surface area (Å²) in [6.45, 7) is -0.909. The smallest absolute Gasteiger partial charge is 0.496 e. The number of carbonyl (C=O) groups excluding carboxylic acids is 2. The molecule has 33 heavy (non-hydrogen) atoms. The van der Waals surface area contributed by atoms with Crippen molar-refractivity contribution in [3.63, 3.8) is 0 Å². The maximum absolute atomic E-state index is 13.2. The number of rotatable bonds is 6. The van der Waals surface area contributed by atoms with Gasteiger partial charge in [-0.3, -0.25) is 9.59 Å². The molecule has 0 saturated carbocycles. The van der Waals surface area contributed by atoms with Crippen LogP contribution in [-0.4, -0.2) is 59.9 Å². The summed E-state index contributed by atoms with van der Waals surface area (Å²) >= 11 is 0. The molecule has 3 amide bonds. The highest BCUT2D eigenvalue weighted by Crippen LogP contribution is 2.40. The van der Waals surface area contributed by atoms with Gasteiger partial charge in [0, 0.05) is 6.54 Å². The lowest BCUT2D eigenvalue weighted by Gasteiger charge is -2.39. The highest BCUT2D eigenvalue weighted by atomic mass is 19.4. The van der Waals surface area contributed by atoms with Gasteiger partial charge in [-0.25, -0.2) is 9.69 Å². The van der Waals surface area contributed by atoms with Crippen molar-refractivity contribution in [1.29, 1.82) is 0 Å². The van der Waals surface area contributed by atoms with Crippen LogP contribution in [0.5, 0.6) is 17.2 Å². The molecular formula is C21H19F3N2O7. The largest absolute Gasteiger partial charge is 0.573 e. The van der Waals surface area contributed by atoms with Gasteiger partial charge in [0.1, 0.15) is 29.8 Å². The summed E-state index contributed by atoms with van der Waals surface area (Å²) in [5.74, 6) is -1.67. The fourth-order valence-corrected chi connectivity index (χ4v) is 3.49. The quantitative estimate of drug-likeness (QED) is 0.694. The summed E-state index contributed by atoms with van der Waals surface area (Å²) in [4.78, 5) is 39.2. The number of imide groups is 1. The van der Waals surface area contributed by atoms with Gasteiger partial charge in [-0.1, -0.05) is 18.2 Å². The molecule has 1 N–H and O–H groups in total. The highest BCUT2D eigenvalue weighted by molar-refractivity contribution is 6.03. The van der Waals surface area contributed by atoms with E-state index in [1.54, 1.807) is 6.07 Å². The number of carboxylic acid groups (broad SMARTS) is 1. The van der Waals surface area contributed by atoms with E-state index in [4.69, 9.17) is 9.47 Å². The monoisotopic (exact) mass is 468 g/mol. The maximum atomic E-state index is 13.2. The van der Waals surface area contributed by atoms with E-state index in [1.807, 2.05) is 0 Å². The fraction of sp³-hybridized carbons (Fsp3) is 0.286. The van der Waals surface area contributed by atoms with Crippen LogP contribution in [0, 0.1) is 0 Å². The topological polar surface area (TPSA) is 106 Å². The molecular weight excluding hydrogens is 449 g/mol. The van der Waals surface area contributed by atoms with Crippen molar-refractivity contribution < 1.29 is 46.9 Å². The third-order valence-corrected chi connectivity index (χ3v) is 4.91. The van der Waals surface area contributed by atoms with Gasteiger partial charge < -0.3 is 24.2 Å². The molecule has 1 aliphatic rings. The van der Waals surface area contributed by atoms with Crippen molar-refractivity contribution >= 4 is 17.9 Å². The minimum Gasteiger partial charge on any atom is -0.496 e. The van der Waals surface area contributed by atoms with E-state index in [1.165, 1.54) is 38.5 Å². The first kappa shape index (κ1) is 23.7. The Morgan fingerprint density at radius 3 is 2.12 bits per heavy atom. The summed E-state index contributed by atoms with van der Waals surface area (Å²) < 4.78 is 51.7. The standard InChI is InChI=1S/C21H19F3N2O7/c1-31-14-4-3-5-15(32-2)17(14)18-19(28)26(20(29)30)11-16(27)25(18)10-12-6-8-13(9-7-12)33-21(22,23)24/h3-9,18H,10-11H2,1-2H3,(H,29,30). The van der Waals surface area contributed by atoms with Crippen molar-refractivity contribution in [1.82, 2.24) is 9.80 Å². The van der Waals surface area contributed by atoms with E-state index in [2.05, 4.69) is 4.74 Å². The first-order valence-corrected chi connectivity index (χ1v) is 9.45. The summed E-state index contributed by atoms with van der Waals surface area (Å²) in [6, 6.07) is 7.97. The van der Waals surface area contributed by atoms with Crippen LogP contribution in [0.1, 0.15) is 17.2 Å². The lowest BCUT2D eigenvalue weighted by atomic mass is 9.98. The van der Waals surface area contributed by atoms with E-state index >= 15 is 0 Å². The molecule has 0 spiro atoms. The molecule has 1 saturated heterocycles. The van der Waals surface area contributed by atoms with Crippen molar-refractivity contribution in [2.75, 3.05) is 20.8 Å². The zero-order valence-corrected chi connectivity index (χ0v) is 17.5. The van der Waals surface area contributed by atoms with E-state index in [9.17, 15) is 32.7 Å². The average molecular weight is 468 g/mol. The Bertz CT molecular complexity index is 1030. The van der Waals surface area contributed by atoms with Gasteiger partial charge in [-0.15, -0.1) is 13.2 Å². The van der Waals surface area contributed by atoms with Gasteiger partial charge in [0.25, 0.3) is 5.91 Å². The van der Waals surface area contributed by atoms with Crippen LogP contribution in [0.3, 0.4) is 0 Å². The number of nitrogens with zero attached hydrogens (tertiary/aromatic N) is 2. The van der Waals surface area contributed by atoms with Gasteiger partial charge in [-0.2, -0.15) is 0 Å². The van der Waals surface area contributed by atoms with Crippen molar-refractivity contribution in [2.24, 2.45) is 0 Å². The van der Waals surface area contributed by atoms with E-state index < -0.39 is 42.6 Å². The van der Waals surface area contributed by atoms with Crippen molar-refractivity contribution in [2.45, 2.75) is 18.9 Å². The van der Waals surface area contributed by atoms with Gasteiger partial charge in [0.2, 0.25) is 5.91 Å². The number of halogens is 3. The predicted octanol–water partition coefficient (Wildman–Crippen LogP) is 3.19. The Balaban J connectivity index is 2.03. The lowest BCUT2D eigenvalue weighted by Crippen LogP contribution is -2.56. The van der Waals surface area contributed by atoms with Gasteiger partial charge in [-0.05, 0) is 29.8 Å². The molecule has 1 heterocycles. The van der Waals surface area contributed by atoms with Gasteiger partial charge >= 0.3 is 12.5 Å². The maximum Gasteiger partial charge on any atom is 0.573 e. The lowest BCUT2D eigenvalue weighted by molar-refractivity contribution is -0.274. The SMILES string of the molecule is COc1cccc(OC)c1C1C(=O)N(C(=O)O)CC(=O)N1Cc1ccc(OC(F)(F)F)cc1. The van der Waals surface area contributed by atoms with Crippen LogP contribution in [0.2, 0.25) is 0 Å². The predicted molar refractivity (Wildman–Crippen MR) is 106 cm³/mol. The molecule has 2 aromatic carbocycles. The first-order valence-electron chi connectivity index (χ1n) is 9.45. The van der Waals surface area contributed by atoms with Crippen LogP contribution < -0.4 is 14.2 Å². The average Bonchev–Trinajstić information content (AvgIpc) is 2.75. The third-order valence-electron chi connectivity index (χ3n) is 4.91. The summed E-state index contributed by atoms with van der Waals surface area (Å²) in [7, 11) is 2.68. The molecule has 0 bridgehead atoms. The number of ether oxygens (including phenoxy) is 3. The van der Waals surface area contributed by atoms with Gasteiger partial charge in [0.05, 0.1) is 19.8 Å². The summed E-state index contributed by atoms with van der Waals surface area (Å²) in [5, 5.41) is 9.41. The van der Waals surface area contributed by atoms with Crippen LogP contribution in [0.15, 0.2) is 42.5 Å². The van der Waals surface area contributed by atoms with Gasteiger partial charge in [0.15, 0.2) is 0 Å². The molecule has 1 unspecified atom stereocenters. The number of hydrogen-bond acceptors (Lipinski definition) is 6. The molecule has 2 aromatic rings. The van der Waals surface area contributed by atoms with Crippen LogP contribution in [-0.2, 0) is 16.1 Å². The van der Waals surface area contributed by atoms with Crippen molar-refractivity contribution in [3.05, 3.63) is 53.6 Å². The molecule has 12 heteroatoms. The zero-order chi connectivity index (χ0) is 24.3. The zero-order valence-electron chi connectivity index (χ0n) is 17.5. The first-order chi connectivity index (χ1) is 15.6.